The van der Waals surface area contributed by atoms with Gasteiger partial charge in [-0.1, -0.05) is 6.07 Å². The molecule has 0 aliphatic carbocycles. The van der Waals surface area contributed by atoms with Crippen molar-refractivity contribution in [2.24, 2.45) is 0 Å². The quantitative estimate of drug-likeness (QED) is 0.659. The second-order valence-corrected chi connectivity index (χ2v) is 2.42. The van der Waals surface area contributed by atoms with Crippen molar-refractivity contribution >= 4 is 5.97 Å². The van der Waals surface area contributed by atoms with Gasteiger partial charge in [0.1, 0.15) is 0 Å². The predicted molar refractivity (Wildman–Crippen MR) is 40.7 cm³/mol. The van der Waals surface area contributed by atoms with Gasteiger partial charge in [-0.15, -0.1) is 0 Å². The highest BCUT2D eigenvalue weighted by Crippen LogP contribution is 2.05. The molecule has 0 fully saturated rings. The number of carboxylic acid groups (broad SMARTS) is 1. The molecule has 0 spiro atoms. The molecule has 0 amide bonds. The molecule has 1 heterocycles. The van der Waals surface area contributed by atoms with E-state index in [2.05, 4.69) is 4.98 Å². The first kappa shape index (κ1) is 7.72. The maximum absolute atomic E-state index is 10.5. The topological polar surface area (TPSA) is 50.2 Å². The molecule has 0 radical (unpaired) electrons. The number of aryl methyl sites for hydroxylation is 2. The fourth-order valence-corrected chi connectivity index (χ4v) is 0.843. The van der Waals surface area contributed by atoms with E-state index in [0.29, 0.717) is 5.56 Å². The van der Waals surface area contributed by atoms with Crippen LogP contribution in [0.3, 0.4) is 0 Å². The summed E-state index contributed by atoms with van der Waals surface area (Å²) in [5.74, 6) is -0.966. The van der Waals surface area contributed by atoms with Crippen molar-refractivity contribution < 1.29 is 9.90 Å². The third-order valence-corrected chi connectivity index (χ3v) is 1.44. The molecule has 11 heavy (non-hydrogen) atoms. The molecule has 1 aromatic rings. The van der Waals surface area contributed by atoms with Crippen LogP contribution in [-0.2, 0) is 0 Å². The van der Waals surface area contributed by atoms with E-state index in [0.717, 1.165) is 5.69 Å². The van der Waals surface area contributed by atoms with Gasteiger partial charge in [0.05, 0.1) is 0 Å². The van der Waals surface area contributed by atoms with Gasteiger partial charge in [-0.3, -0.25) is 0 Å². The van der Waals surface area contributed by atoms with Gasteiger partial charge in [-0.05, 0) is 25.5 Å². The summed E-state index contributed by atoms with van der Waals surface area (Å²) >= 11 is 0. The molecule has 0 saturated carbocycles. The van der Waals surface area contributed by atoms with Gasteiger partial charge in [0.15, 0.2) is 5.69 Å². The third kappa shape index (κ3) is 1.55. The molecular weight excluding hydrogens is 142 g/mol. The first-order valence-electron chi connectivity index (χ1n) is 3.29. The SMILES string of the molecule is Cc1ccc(C)c(C(=O)O)n1. The van der Waals surface area contributed by atoms with E-state index in [4.69, 9.17) is 5.11 Å². The summed E-state index contributed by atoms with van der Waals surface area (Å²) in [6.07, 6.45) is 0. The van der Waals surface area contributed by atoms with Crippen molar-refractivity contribution in [2.45, 2.75) is 13.8 Å². The predicted octanol–water partition coefficient (Wildman–Crippen LogP) is 1.40. The first-order valence-corrected chi connectivity index (χ1v) is 3.29. The average molecular weight is 151 g/mol. The van der Waals surface area contributed by atoms with Gasteiger partial charge in [-0.2, -0.15) is 0 Å². The Labute approximate surface area is 64.7 Å². The summed E-state index contributed by atoms with van der Waals surface area (Å²) in [6, 6.07) is 3.55. The smallest absolute Gasteiger partial charge is 0.354 e. The molecule has 0 aliphatic rings. The zero-order valence-electron chi connectivity index (χ0n) is 6.46. The Morgan fingerprint density at radius 3 is 2.55 bits per heavy atom. The lowest BCUT2D eigenvalue weighted by Crippen LogP contribution is -2.03. The zero-order chi connectivity index (χ0) is 8.43. The molecule has 0 bridgehead atoms. The standard InChI is InChI=1S/C8H9NO2/c1-5-3-4-6(2)9-7(5)8(10)11/h3-4H,1-2H3,(H,10,11). The highest BCUT2D eigenvalue weighted by molar-refractivity contribution is 5.86. The highest BCUT2D eigenvalue weighted by Gasteiger charge is 2.07. The van der Waals surface area contributed by atoms with Crippen molar-refractivity contribution in [1.82, 2.24) is 4.98 Å². The van der Waals surface area contributed by atoms with Gasteiger partial charge in [0.2, 0.25) is 0 Å². The highest BCUT2D eigenvalue weighted by atomic mass is 16.4. The third-order valence-electron chi connectivity index (χ3n) is 1.44. The number of carbonyl (C=O) groups is 1. The molecular formula is C8H9NO2. The maximum Gasteiger partial charge on any atom is 0.354 e. The molecule has 0 aromatic carbocycles. The fraction of sp³-hybridized carbons (Fsp3) is 0.250. The van der Waals surface area contributed by atoms with E-state index in [-0.39, 0.29) is 5.69 Å². The molecule has 3 heteroatoms. The normalized spacial score (nSPS) is 9.64. The number of hydrogen-bond donors (Lipinski definition) is 1. The second-order valence-electron chi connectivity index (χ2n) is 2.42. The molecule has 1 N–H and O–H groups in total. The van der Waals surface area contributed by atoms with E-state index in [1.54, 1.807) is 26.0 Å². The van der Waals surface area contributed by atoms with Crippen molar-refractivity contribution in [3.63, 3.8) is 0 Å². The minimum Gasteiger partial charge on any atom is -0.477 e. The van der Waals surface area contributed by atoms with Crippen molar-refractivity contribution in [3.05, 3.63) is 29.1 Å². The average Bonchev–Trinajstić information content (AvgIpc) is 1.94. The molecule has 1 rings (SSSR count). The Bertz CT molecular complexity index is 294. The summed E-state index contributed by atoms with van der Waals surface area (Å²) < 4.78 is 0. The summed E-state index contributed by atoms with van der Waals surface area (Å²) in [5, 5.41) is 8.63. The van der Waals surface area contributed by atoms with Gasteiger partial charge < -0.3 is 5.11 Å². The largest absolute Gasteiger partial charge is 0.477 e. The van der Waals surface area contributed by atoms with E-state index in [1.165, 1.54) is 0 Å². The Morgan fingerprint density at radius 1 is 1.45 bits per heavy atom. The van der Waals surface area contributed by atoms with E-state index < -0.39 is 5.97 Å². The van der Waals surface area contributed by atoms with Crippen LogP contribution >= 0.6 is 0 Å². The number of aromatic carboxylic acids is 1. The van der Waals surface area contributed by atoms with Gasteiger partial charge in [-0.25, -0.2) is 9.78 Å². The fourth-order valence-electron chi connectivity index (χ4n) is 0.843. The van der Waals surface area contributed by atoms with Crippen LogP contribution in [0.5, 0.6) is 0 Å². The molecule has 58 valence electrons. The van der Waals surface area contributed by atoms with Crippen LogP contribution in [0.1, 0.15) is 21.7 Å². The van der Waals surface area contributed by atoms with Crippen LogP contribution in [0.2, 0.25) is 0 Å². The van der Waals surface area contributed by atoms with Crippen LogP contribution in [0.4, 0.5) is 0 Å². The van der Waals surface area contributed by atoms with E-state index in [1.807, 2.05) is 0 Å². The maximum atomic E-state index is 10.5. The summed E-state index contributed by atoms with van der Waals surface area (Å²) in [6.45, 7) is 3.50. The van der Waals surface area contributed by atoms with Crippen molar-refractivity contribution in [3.8, 4) is 0 Å². The Balaban J connectivity index is 3.23. The molecule has 1 aromatic heterocycles. The van der Waals surface area contributed by atoms with Crippen LogP contribution in [0, 0.1) is 13.8 Å². The Hall–Kier alpha value is -1.38. The van der Waals surface area contributed by atoms with Crippen molar-refractivity contribution in [1.29, 1.82) is 0 Å². The second kappa shape index (κ2) is 2.70. The van der Waals surface area contributed by atoms with Crippen LogP contribution in [0.15, 0.2) is 12.1 Å². The van der Waals surface area contributed by atoms with Gasteiger partial charge in [0, 0.05) is 5.69 Å². The number of carboxylic acids is 1. The van der Waals surface area contributed by atoms with E-state index in [9.17, 15) is 4.79 Å². The minimum absolute atomic E-state index is 0.144. The summed E-state index contributed by atoms with van der Waals surface area (Å²) in [7, 11) is 0. The van der Waals surface area contributed by atoms with Crippen LogP contribution in [-0.4, -0.2) is 16.1 Å². The Kier molecular flexibility index (Phi) is 1.89. The summed E-state index contributed by atoms with van der Waals surface area (Å²) in [4.78, 5) is 14.4. The van der Waals surface area contributed by atoms with Crippen LogP contribution in [0.25, 0.3) is 0 Å². The Morgan fingerprint density at radius 2 is 2.09 bits per heavy atom. The lowest BCUT2D eigenvalue weighted by molar-refractivity contribution is 0.0689. The van der Waals surface area contributed by atoms with E-state index >= 15 is 0 Å². The number of pyridine rings is 1. The molecule has 0 aliphatic heterocycles. The number of hydrogen-bond acceptors (Lipinski definition) is 2. The lowest BCUT2D eigenvalue weighted by Gasteiger charge is -1.99. The molecule has 0 saturated heterocycles. The minimum atomic E-state index is -0.966. The van der Waals surface area contributed by atoms with Gasteiger partial charge >= 0.3 is 5.97 Å². The first-order chi connectivity index (χ1) is 5.11. The molecule has 3 nitrogen and oxygen atoms in total. The zero-order valence-corrected chi connectivity index (χ0v) is 6.46. The number of nitrogens with zero attached hydrogens (tertiary/aromatic N) is 1. The van der Waals surface area contributed by atoms with Crippen molar-refractivity contribution in [2.75, 3.05) is 0 Å². The lowest BCUT2D eigenvalue weighted by atomic mass is 10.2. The number of rotatable bonds is 1. The molecule has 0 unspecified atom stereocenters. The molecule has 0 atom stereocenters. The monoisotopic (exact) mass is 151 g/mol. The summed E-state index contributed by atoms with van der Waals surface area (Å²) in [5.41, 5.74) is 1.57. The van der Waals surface area contributed by atoms with Crippen LogP contribution < -0.4 is 0 Å². The number of aromatic nitrogens is 1. The van der Waals surface area contributed by atoms with Gasteiger partial charge in [0.25, 0.3) is 0 Å².